The molecule has 0 aromatic carbocycles. The first-order chi connectivity index (χ1) is 16.3. The summed E-state index contributed by atoms with van der Waals surface area (Å²) in [5.41, 5.74) is 8.94. The van der Waals surface area contributed by atoms with E-state index in [2.05, 4.69) is 15.1 Å². The van der Waals surface area contributed by atoms with E-state index in [9.17, 15) is 14.7 Å². The number of aromatic nitrogens is 6. The minimum atomic E-state index is -1.01. The highest BCUT2D eigenvalue weighted by molar-refractivity contribution is 5.89. The van der Waals surface area contributed by atoms with Crippen molar-refractivity contribution in [2.75, 3.05) is 12.3 Å². The molecule has 4 aromatic heterocycles. The van der Waals surface area contributed by atoms with Crippen LogP contribution in [0.5, 0.6) is 5.88 Å². The van der Waals surface area contributed by atoms with Crippen LogP contribution < -0.4 is 16.0 Å². The number of aryl methyl sites for hydroxylation is 4. The fraction of sp³-hybridized carbons (Fsp3) is 0.348. The maximum Gasteiger partial charge on any atom is 0.335 e. The molecule has 0 unspecified atom stereocenters. The zero-order chi connectivity index (χ0) is 24.4. The number of imidazole rings is 1. The number of hydrogen-bond acceptors (Lipinski definition) is 7. The Labute approximate surface area is 195 Å². The monoisotopic (exact) mass is 465 g/mol. The number of anilines is 1. The number of aromatic carboxylic acids is 1. The Morgan fingerprint density at radius 2 is 1.97 bits per heavy atom. The number of carboxylic acid groups (broad SMARTS) is 1. The average molecular weight is 466 g/mol. The summed E-state index contributed by atoms with van der Waals surface area (Å²) in [6.45, 7) is 2.79. The fourth-order valence-corrected chi connectivity index (χ4v) is 3.90. The molecule has 4 rings (SSSR count). The summed E-state index contributed by atoms with van der Waals surface area (Å²) in [4.78, 5) is 32.6. The molecule has 0 aliphatic carbocycles. The van der Waals surface area contributed by atoms with Crippen LogP contribution in [0.2, 0.25) is 0 Å². The van der Waals surface area contributed by atoms with Gasteiger partial charge in [-0.2, -0.15) is 5.10 Å². The van der Waals surface area contributed by atoms with E-state index in [0.29, 0.717) is 53.0 Å². The molecule has 0 bridgehead atoms. The van der Waals surface area contributed by atoms with Crippen molar-refractivity contribution in [1.29, 1.82) is 0 Å². The van der Waals surface area contributed by atoms with Gasteiger partial charge in [-0.3, -0.25) is 9.78 Å². The number of nitrogens with zero attached hydrogens (tertiary/aromatic N) is 6. The maximum atomic E-state index is 12.5. The van der Waals surface area contributed by atoms with Gasteiger partial charge in [-0.25, -0.2) is 14.5 Å². The quantitative estimate of drug-likeness (QED) is 0.359. The average Bonchev–Trinajstić information content (AvgIpc) is 3.32. The van der Waals surface area contributed by atoms with E-state index in [1.165, 1.54) is 16.7 Å². The first kappa shape index (κ1) is 23.0. The van der Waals surface area contributed by atoms with Crippen molar-refractivity contribution in [3.63, 3.8) is 0 Å². The highest BCUT2D eigenvalue weighted by atomic mass is 16.5. The molecule has 0 aliphatic heterocycles. The Balaban J connectivity index is 1.37. The molecule has 11 heteroatoms. The number of nitrogen functional groups attached to an aromatic ring is 1. The molecule has 0 saturated carbocycles. The summed E-state index contributed by atoms with van der Waals surface area (Å²) in [6.07, 6.45) is 5.73. The number of nitrogens with two attached hydrogens (primary N) is 1. The van der Waals surface area contributed by atoms with Crippen molar-refractivity contribution >= 4 is 23.0 Å². The third-order valence-electron chi connectivity index (χ3n) is 5.63. The molecule has 0 radical (unpaired) electrons. The number of pyridine rings is 2. The minimum absolute atomic E-state index is 0.121. The first-order valence-electron chi connectivity index (χ1n) is 10.9. The van der Waals surface area contributed by atoms with Gasteiger partial charge in [-0.05, 0) is 44.4 Å². The number of unbranched alkanes of at least 4 members (excludes halogenated alkanes) is 2. The Kier molecular flexibility index (Phi) is 6.35. The summed E-state index contributed by atoms with van der Waals surface area (Å²) in [7, 11) is 3.47. The molecule has 0 atom stereocenters. The number of ether oxygens (including phenoxy) is 1. The van der Waals surface area contributed by atoms with Crippen LogP contribution in [-0.4, -0.2) is 46.6 Å². The fourth-order valence-electron chi connectivity index (χ4n) is 3.90. The topological polar surface area (TPSA) is 143 Å². The summed E-state index contributed by atoms with van der Waals surface area (Å²) >= 11 is 0. The van der Waals surface area contributed by atoms with Gasteiger partial charge in [0, 0.05) is 32.5 Å². The Morgan fingerprint density at radius 3 is 2.74 bits per heavy atom. The summed E-state index contributed by atoms with van der Waals surface area (Å²) in [5.74, 6) is -0.148. The largest absolute Gasteiger partial charge is 0.478 e. The Bertz CT molecular complexity index is 1420. The molecular weight excluding hydrogens is 438 g/mol. The van der Waals surface area contributed by atoms with E-state index in [4.69, 9.17) is 10.5 Å². The lowest BCUT2D eigenvalue weighted by molar-refractivity contribution is 0.0696. The number of rotatable bonds is 9. The zero-order valence-electron chi connectivity index (χ0n) is 19.4. The highest BCUT2D eigenvalue weighted by Crippen LogP contribution is 2.29. The normalized spacial score (nSPS) is 11.3. The predicted molar refractivity (Wildman–Crippen MR) is 127 cm³/mol. The van der Waals surface area contributed by atoms with E-state index in [1.807, 2.05) is 0 Å². The Morgan fingerprint density at radius 1 is 1.18 bits per heavy atom. The molecule has 4 aromatic rings. The van der Waals surface area contributed by atoms with Gasteiger partial charge >= 0.3 is 5.97 Å². The van der Waals surface area contributed by atoms with Crippen molar-refractivity contribution in [3.8, 4) is 17.1 Å². The Hall–Kier alpha value is -4.15. The molecule has 3 N–H and O–H groups in total. The predicted octanol–water partition coefficient (Wildman–Crippen LogP) is 2.37. The summed E-state index contributed by atoms with van der Waals surface area (Å²) in [6, 6.07) is 4.82. The molecule has 0 fully saturated rings. The molecule has 178 valence electrons. The lowest BCUT2D eigenvalue weighted by atomic mass is 10.1. The minimum Gasteiger partial charge on any atom is -0.478 e. The van der Waals surface area contributed by atoms with Crippen molar-refractivity contribution < 1.29 is 14.6 Å². The molecule has 4 heterocycles. The van der Waals surface area contributed by atoms with Gasteiger partial charge in [0.15, 0.2) is 0 Å². The van der Waals surface area contributed by atoms with Crippen LogP contribution in [0.3, 0.4) is 0 Å². The second-order valence-corrected chi connectivity index (χ2v) is 8.17. The lowest BCUT2D eigenvalue weighted by Crippen LogP contribution is -2.19. The molecule has 0 aliphatic rings. The van der Waals surface area contributed by atoms with E-state index < -0.39 is 5.97 Å². The van der Waals surface area contributed by atoms with Crippen molar-refractivity contribution in [1.82, 2.24) is 28.9 Å². The standard InChI is InChI=1S/C23H27N7O4/c1-14-11-15(22(32)33)12-18(26-14)16-13-25-29(3)21(16)34-10-6-4-5-8-30-19-17(27-23(30)24)7-9-28(2)20(19)31/h7,9,11-13H,4-6,8,10H2,1-3H3,(H2,24,27)(H,32,33). The zero-order valence-corrected chi connectivity index (χ0v) is 19.4. The first-order valence-corrected chi connectivity index (χ1v) is 10.9. The van der Waals surface area contributed by atoms with Gasteiger partial charge in [0.2, 0.25) is 11.8 Å². The maximum absolute atomic E-state index is 12.5. The van der Waals surface area contributed by atoms with E-state index in [-0.39, 0.29) is 11.1 Å². The smallest absolute Gasteiger partial charge is 0.335 e. The number of carboxylic acids is 1. The van der Waals surface area contributed by atoms with Crippen LogP contribution >= 0.6 is 0 Å². The van der Waals surface area contributed by atoms with Crippen LogP contribution in [0, 0.1) is 6.92 Å². The second-order valence-electron chi connectivity index (χ2n) is 8.17. The number of fused-ring (bicyclic) bond motifs is 1. The third-order valence-corrected chi connectivity index (χ3v) is 5.63. The van der Waals surface area contributed by atoms with Crippen molar-refractivity contribution in [2.24, 2.45) is 14.1 Å². The summed E-state index contributed by atoms with van der Waals surface area (Å²) < 4.78 is 10.9. The molecule has 0 spiro atoms. The van der Waals surface area contributed by atoms with Gasteiger partial charge in [0.1, 0.15) is 5.52 Å². The molecule has 0 amide bonds. The molecular formula is C23H27N7O4. The lowest BCUT2D eigenvalue weighted by Gasteiger charge is -2.10. The second kappa shape index (κ2) is 9.38. The van der Waals surface area contributed by atoms with E-state index in [1.54, 1.807) is 48.7 Å². The van der Waals surface area contributed by atoms with Crippen molar-refractivity contribution in [3.05, 3.63) is 52.2 Å². The van der Waals surface area contributed by atoms with Gasteiger partial charge < -0.3 is 24.7 Å². The molecule has 34 heavy (non-hydrogen) atoms. The van der Waals surface area contributed by atoms with Gasteiger partial charge in [-0.1, -0.05) is 0 Å². The third kappa shape index (κ3) is 4.49. The SMILES string of the molecule is Cc1cc(C(=O)O)cc(-c2cnn(C)c2OCCCCCn2c(N)nc3ccn(C)c(=O)c32)n1. The van der Waals surface area contributed by atoms with Crippen molar-refractivity contribution in [2.45, 2.75) is 32.7 Å². The van der Waals surface area contributed by atoms with Crippen LogP contribution in [0.1, 0.15) is 35.3 Å². The van der Waals surface area contributed by atoms with Gasteiger partial charge in [0.05, 0.1) is 35.1 Å². The number of hydrogen-bond donors (Lipinski definition) is 2. The van der Waals surface area contributed by atoms with Crippen LogP contribution in [-0.2, 0) is 20.6 Å². The highest BCUT2D eigenvalue weighted by Gasteiger charge is 2.16. The molecule has 0 saturated heterocycles. The van der Waals surface area contributed by atoms with Gasteiger partial charge in [0.25, 0.3) is 5.56 Å². The molecule has 11 nitrogen and oxygen atoms in total. The van der Waals surface area contributed by atoms with Crippen LogP contribution in [0.25, 0.3) is 22.3 Å². The van der Waals surface area contributed by atoms with Crippen LogP contribution in [0.4, 0.5) is 5.95 Å². The number of carbonyl (C=O) groups is 1. The van der Waals surface area contributed by atoms with E-state index >= 15 is 0 Å². The van der Waals surface area contributed by atoms with Gasteiger partial charge in [-0.15, -0.1) is 0 Å². The van der Waals surface area contributed by atoms with E-state index in [0.717, 1.165) is 19.3 Å². The summed E-state index contributed by atoms with van der Waals surface area (Å²) in [5, 5.41) is 13.6. The van der Waals surface area contributed by atoms with Crippen LogP contribution in [0.15, 0.2) is 35.4 Å².